The lowest BCUT2D eigenvalue weighted by Crippen LogP contribution is -2.53. The highest BCUT2D eigenvalue weighted by molar-refractivity contribution is 5.96. The third kappa shape index (κ3) is 2.36. The minimum atomic E-state index is -0.284. The molecule has 4 heteroatoms. The van der Waals surface area contributed by atoms with E-state index in [-0.39, 0.29) is 40.5 Å². The van der Waals surface area contributed by atoms with Gasteiger partial charge in [0.05, 0.1) is 0 Å². The predicted octanol–water partition coefficient (Wildman–Crippen LogP) is 3.63. The normalized spacial score (nSPS) is 46.0. The number of rotatable bonds is 1. The Labute approximate surface area is 149 Å². The minimum absolute atomic E-state index is 0.00391. The van der Waals surface area contributed by atoms with Crippen LogP contribution in [0.3, 0.4) is 0 Å². The summed E-state index contributed by atoms with van der Waals surface area (Å²) < 4.78 is 5.42. The first kappa shape index (κ1) is 17.0. The van der Waals surface area contributed by atoms with Crippen LogP contribution in [0.5, 0.6) is 0 Å². The molecule has 4 rings (SSSR count). The first-order valence-corrected chi connectivity index (χ1v) is 9.71. The molecule has 0 saturated heterocycles. The number of carbonyl (C=O) groups excluding carboxylic acids is 3. The molecule has 0 N–H and O–H groups in total. The molecule has 0 aliphatic heterocycles. The van der Waals surface area contributed by atoms with Crippen LogP contribution in [0.4, 0.5) is 0 Å². The van der Waals surface area contributed by atoms with Crippen molar-refractivity contribution in [3.8, 4) is 0 Å². The van der Waals surface area contributed by atoms with Crippen molar-refractivity contribution in [2.75, 3.05) is 0 Å². The van der Waals surface area contributed by atoms with Gasteiger partial charge in [0, 0.05) is 31.1 Å². The molecule has 4 nitrogen and oxygen atoms in total. The van der Waals surface area contributed by atoms with Crippen LogP contribution < -0.4 is 0 Å². The van der Waals surface area contributed by atoms with E-state index in [2.05, 4.69) is 13.8 Å². The molecule has 0 unspecified atom stereocenters. The lowest BCUT2D eigenvalue weighted by molar-refractivity contribution is -0.149. The summed E-state index contributed by atoms with van der Waals surface area (Å²) in [6.07, 6.45) is 7.66. The van der Waals surface area contributed by atoms with Crippen LogP contribution in [0.2, 0.25) is 0 Å². The highest BCUT2D eigenvalue weighted by Gasteiger charge is 2.61. The molecule has 0 bridgehead atoms. The molecule has 0 radical (unpaired) electrons. The first-order valence-electron chi connectivity index (χ1n) is 9.71. The molecule has 6 atom stereocenters. The molecule has 4 aliphatic rings. The van der Waals surface area contributed by atoms with Gasteiger partial charge in [0.15, 0.2) is 5.78 Å². The second-order valence-corrected chi connectivity index (χ2v) is 9.12. The van der Waals surface area contributed by atoms with E-state index in [1.165, 1.54) is 12.5 Å². The van der Waals surface area contributed by atoms with E-state index in [0.29, 0.717) is 24.5 Å². The molecule has 0 amide bonds. The van der Waals surface area contributed by atoms with Gasteiger partial charge in [-0.2, -0.15) is 0 Å². The van der Waals surface area contributed by atoms with Crippen molar-refractivity contribution < 1.29 is 19.1 Å². The van der Waals surface area contributed by atoms with Gasteiger partial charge in [-0.3, -0.25) is 14.4 Å². The average Bonchev–Trinajstić information content (AvgIpc) is 2.84. The SMILES string of the molecule is CC(=O)O[C@H]1CC[C@]2(C)C(=CC(=O)[C@H]3[C@H]2CC[C@]2(C)C(=O)CC[C@@H]32)C1. The summed E-state index contributed by atoms with van der Waals surface area (Å²) in [6.45, 7) is 5.84. The second-order valence-electron chi connectivity index (χ2n) is 9.12. The van der Waals surface area contributed by atoms with Gasteiger partial charge in [-0.05, 0) is 55.4 Å². The molecule has 0 spiro atoms. The van der Waals surface area contributed by atoms with Gasteiger partial charge in [0.2, 0.25) is 0 Å². The van der Waals surface area contributed by atoms with Gasteiger partial charge < -0.3 is 4.74 Å². The monoisotopic (exact) mass is 344 g/mol. The average molecular weight is 344 g/mol. The fourth-order valence-corrected chi connectivity index (χ4v) is 6.48. The summed E-state index contributed by atoms with van der Waals surface area (Å²) in [4.78, 5) is 36.8. The summed E-state index contributed by atoms with van der Waals surface area (Å²) in [7, 11) is 0. The summed E-state index contributed by atoms with van der Waals surface area (Å²) in [5.74, 6) is 0.888. The number of ether oxygens (including phenoxy) is 1. The van der Waals surface area contributed by atoms with E-state index in [1.807, 2.05) is 6.08 Å². The van der Waals surface area contributed by atoms with Crippen molar-refractivity contribution in [1.29, 1.82) is 0 Å². The maximum atomic E-state index is 13.1. The van der Waals surface area contributed by atoms with E-state index in [4.69, 9.17) is 4.74 Å². The smallest absolute Gasteiger partial charge is 0.302 e. The third-order valence-electron chi connectivity index (χ3n) is 7.94. The van der Waals surface area contributed by atoms with Crippen molar-refractivity contribution in [3.05, 3.63) is 11.6 Å². The Hall–Kier alpha value is -1.45. The Morgan fingerprint density at radius 3 is 2.48 bits per heavy atom. The summed E-state index contributed by atoms with van der Waals surface area (Å²) in [5, 5.41) is 0. The number of fused-ring (bicyclic) bond motifs is 5. The first-order chi connectivity index (χ1) is 11.8. The van der Waals surface area contributed by atoms with Crippen LogP contribution in [0.25, 0.3) is 0 Å². The number of hydrogen-bond acceptors (Lipinski definition) is 4. The van der Waals surface area contributed by atoms with Gasteiger partial charge >= 0.3 is 5.97 Å². The van der Waals surface area contributed by atoms with Crippen LogP contribution in [0, 0.1) is 28.6 Å². The molecule has 3 saturated carbocycles. The molecule has 0 aromatic carbocycles. The molecular formula is C21H28O4. The van der Waals surface area contributed by atoms with Crippen LogP contribution in [0.1, 0.15) is 65.7 Å². The Morgan fingerprint density at radius 2 is 1.76 bits per heavy atom. The van der Waals surface area contributed by atoms with Crippen molar-refractivity contribution in [2.45, 2.75) is 71.8 Å². The van der Waals surface area contributed by atoms with Crippen LogP contribution in [0.15, 0.2) is 11.6 Å². The van der Waals surface area contributed by atoms with Gasteiger partial charge in [-0.1, -0.05) is 19.4 Å². The maximum Gasteiger partial charge on any atom is 0.302 e. The zero-order valence-corrected chi connectivity index (χ0v) is 15.5. The molecule has 0 aromatic heterocycles. The minimum Gasteiger partial charge on any atom is -0.462 e. The molecule has 136 valence electrons. The molecule has 0 heterocycles. The zero-order valence-electron chi connectivity index (χ0n) is 15.5. The van der Waals surface area contributed by atoms with Crippen molar-refractivity contribution in [1.82, 2.24) is 0 Å². The van der Waals surface area contributed by atoms with Crippen LogP contribution >= 0.6 is 0 Å². The van der Waals surface area contributed by atoms with Gasteiger partial charge in [0.1, 0.15) is 11.9 Å². The number of hydrogen-bond donors (Lipinski definition) is 0. The Bertz CT molecular complexity index is 677. The third-order valence-corrected chi connectivity index (χ3v) is 7.94. The quantitative estimate of drug-likeness (QED) is 0.682. The Morgan fingerprint density at radius 1 is 1.08 bits per heavy atom. The predicted molar refractivity (Wildman–Crippen MR) is 92.7 cm³/mol. The number of ketones is 2. The van der Waals surface area contributed by atoms with Crippen molar-refractivity contribution in [3.63, 3.8) is 0 Å². The molecular weight excluding hydrogens is 316 g/mol. The van der Waals surface area contributed by atoms with Crippen molar-refractivity contribution in [2.24, 2.45) is 28.6 Å². The van der Waals surface area contributed by atoms with E-state index >= 15 is 0 Å². The standard InChI is InChI=1S/C21H28O4/c1-12(22)25-14-6-8-20(2)13(10-14)11-17(23)19-15-4-5-18(24)21(15,3)9-7-16(19)20/h11,14-16,19H,4-10H2,1-3H3/t14-,15-,16+,19+,20+,21-/m0/s1. The zero-order chi connectivity index (χ0) is 18.0. The van der Waals surface area contributed by atoms with E-state index in [1.54, 1.807) is 0 Å². The highest BCUT2D eigenvalue weighted by atomic mass is 16.5. The maximum absolute atomic E-state index is 13.1. The van der Waals surface area contributed by atoms with Crippen LogP contribution in [-0.2, 0) is 19.1 Å². The second kappa shape index (κ2) is 5.52. The number of carbonyl (C=O) groups is 3. The van der Waals surface area contributed by atoms with Gasteiger partial charge in [0.25, 0.3) is 0 Å². The number of Topliss-reactive ketones (excluding diaryl/α,β-unsaturated/α-hetero) is 1. The lowest BCUT2D eigenvalue weighted by atomic mass is 9.48. The molecule has 3 fully saturated rings. The topological polar surface area (TPSA) is 60.4 Å². The van der Waals surface area contributed by atoms with Gasteiger partial charge in [-0.25, -0.2) is 0 Å². The number of esters is 1. The fourth-order valence-electron chi connectivity index (χ4n) is 6.48. The van der Waals surface area contributed by atoms with Crippen molar-refractivity contribution >= 4 is 17.5 Å². The summed E-state index contributed by atoms with van der Waals surface area (Å²) >= 11 is 0. The lowest BCUT2D eigenvalue weighted by Gasteiger charge is -2.55. The Kier molecular flexibility index (Phi) is 3.75. The van der Waals surface area contributed by atoms with E-state index in [0.717, 1.165) is 32.1 Å². The van der Waals surface area contributed by atoms with Gasteiger partial charge in [-0.15, -0.1) is 0 Å². The Balaban J connectivity index is 1.67. The van der Waals surface area contributed by atoms with E-state index in [9.17, 15) is 14.4 Å². The molecule has 0 aromatic rings. The largest absolute Gasteiger partial charge is 0.462 e. The number of allylic oxidation sites excluding steroid dienone is 1. The highest BCUT2D eigenvalue weighted by Crippen LogP contribution is 2.63. The molecule has 25 heavy (non-hydrogen) atoms. The van der Waals surface area contributed by atoms with E-state index < -0.39 is 0 Å². The summed E-state index contributed by atoms with van der Waals surface area (Å²) in [5.41, 5.74) is 0.902. The summed E-state index contributed by atoms with van der Waals surface area (Å²) in [6, 6.07) is 0. The van der Waals surface area contributed by atoms with Crippen LogP contribution in [-0.4, -0.2) is 23.6 Å². The fraction of sp³-hybridized carbons (Fsp3) is 0.762. The molecule has 4 aliphatic carbocycles.